The van der Waals surface area contributed by atoms with Crippen LogP contribution in [-0.4, -0.2) is 40.2 Å². The Morgan fingerprint density at radius 1 is 1.31 bits per heavy atom. The van der Waals surface area contributed by atoms with E-state index < -0.39 is 20.2 Å². The van der Waals surface area contributed by atoms with Gasteiger partial charge in [0.25, 0.3) is 0 Å². The maximum absolute atomic E-state index is 9.67. The monoisotopic (exact) mass is 215 g/mol. The molecule has 0 aromatic heterocycles. The summed E-state index contributed by atoms with van der Waals surface area (Å²) in [6.07, 6.45) is 0. The van der Waals surface area contributed by atoms with Crippen molar-refractivity contribution in [3.05, 3.63) is 0 Å². The van der Waals surface area contributed by atoms with Crippen LogP contribution in [0, 0.1) is 0 Å². The normalized spacial score (nSPS) is 10.9. The molecule has 1 atom stereocenters. The molecule has 13 heavy (non-hydrogen) atoms. The molecule has 78 valence electrons. The first kappa shape index (κ1) is 14.6. The Labute approximate surface area is 73.9 Å². The standard InChI is InChI=1S/C2H8NO3P.C2H2O4/c3-1-2-6-7(4)5;3-1(4)2(5)6/h7H,1-3H2,(H,4,5);(H,3,4)(H,5,6). The van der Waals surface area contributed by atoms with Crippen LogP contribution in [0.3, 0.4) is 0 Å². The fraction of sp³-hybridized carbons (Fsp3) is 0.500. The van der Waals surface area contributed by atoms with Gasteiger partial charge in [0, 0.05) is 6.54 Å². The van der Waals surface area contributed by atoms with Gasteiger partial charge in [-0.15, -0.1) is 0 Å². The summed E-state index contributed by atoms with van der Waals surface area (Å²) in [6.45, 7) is 0.450. The first-order valence-electron chi connectivity index (χ1n) is 2.93. The summed E-state index contributed by atoms with van der Waals surface area (Å²) in [4.78, 5) is 26.2. The molecule has 0 aromatic carbocycles. The highest BCUT2D eigenvalue weighted by Gasteiger charge is 2.04. The summed E-state index contributed by atoms with van der Waals surface area (Å²) in [7, 11) is -2.73. The van der Waals surface area contributed by atoms with Crippen molar-refractivity contribution in [2.45, 2.75) is 0 Å². The third kappa shape index (κ3) is 18.2. The van der Waals surface area contributed by atoms with Gasteiger partial charge in [0.1, 0.15) is 0 Å². The molecule has 0 fully saturated rings. The van der Waals surface area contributed by atoms with Gasteiger partial charge in [-0.3, -0.25) is 4.57 Å². The van der Waals surface area contributed by atoms with E-state index in [2.05, 4.69) is 4.52 Å². The summed E-state index contributed by atoms with van der Waals surface area (Å²) in [6, 6.07) is 0. The molecule has 0 heterocycles. The minimum atomic E-state index is -2.73. The number of hydrogen-bond acceptors (Lipinski definition) is 5. The number of nitrogens with two attached hydrogens (primary N) is 1. The van der Waals surface area contributed by atoms with Crippen LogP contribution in [0.4, 0.5) is 0 Å². The Morgan fingerprint density at radius 2 is 1.69 bits per heavy atom. The molecule has 0 rings (SSSR count). The minimum Gasteiger partial charge on any atom is -0.473 e. The van der Waals surface area contributed by atoms with Crippen LogP contribution in [0.15, 0.2) is 0 Å². The van der Waals surface area contributed by atoms with Crippen molar-refractivity contribution >= 4 is 20.2 Å². The molecule has 0 spiro atoms. The van der Waals surface area contributed by atoms with Gasteiger partial charge in [-0.05, 0) is 0 Å². The lowest BCUT2D eigenvalue weighted by Gasteiger charge is -1.91. The quantitative estimate of drug-likeness (QED) is 0.328. The van der Waals surface area contributed by atoms with Gasteiger partial charge in [-0.1, -0.05) is 0 Å². The molecule has 0 aliphatic carbocycles. The van der Waals surface area contributed by atoms with E-state index >= 15 is 0 Å². The van der Waals surface area contributed by atoms with E-state index in [1.54, 1.807) is 0 Å². The molecule has 0 radical (unpaired) electrons. The smallest absolute Gasteiger partial charge is 0.414 e. The van der Waals surface area contributed by atoms with Gasteiger partial charge >= 0.3 is 20.2 Å². The van der Waals surface area contributed by atoms with Crippen LogP contribution in [0.2, 0.25) is 0 Å². The van der Waals surface area contributed by atoms with Crippen LogP contribution in [0.25, 0.3) is 0 Å². The summed E-state index contributed by atoms with van der Waals surface area (Å²) >= 11 is 0. The van der Waals surface area contributed by atoms with Gasteiger partial charge in [0.05, 0.1) is 6.61 Å². The topological polar surface area (TPSA) is 147 Å². The number of carbonyl (C=O) groups is 2. The van der Waals surface area contributed by atoms with Crippen molar-refractivity contribution in [2.75, 3.05) is 13.2 Å². The minimum absolute atomic E-state index is 0.161. The zero-order valence-electron chi connectivity index (χ0n) is 6.47. The summed E-state index contributed by atoms with van der Waals surface area (Å²) in [5.41, 5.74) is 4.92. The van der Waals surface area contributed by atoms with E-state index in [9.17, 15) is 4.57 Å². The van der Waals surface area contributed by atoms with E-state index in [4.69, 9.17) is 30.4 Å². The molecular formula is C4H10NO7P. The first-order chi connectivity index (χ1) is 5.91. The zero-order chi connectivity index (χ0) is 10.9. The highest BCUT2D eigenvalue weighted by molar-refractivity contribution is 7.32. The molecule has 0 saturated carbocycles. The number of hydrogen-bond donors (Lipinski definition) is 4. The summed E-state index contributed by atoms with van der Waals surface area (Å²) in [5.74, 6) is -3.65. The average molecular weight is 215 g/mol. The van der Waals surface area contributed by atoms with E-state index in [1.807, 2.05) is 0 Å². The van der Waals surface area contributed by atoms with E-state index in [-0.39, 0.29) is 13.2 Å². The van der Waals surface area contributed by atoms with Gasteiger partial charge in [-0.25, -0.2) is 9.59 Å². The maximum atomic E-state index is 9.67. The lowest BCUT2D eigenvalue weighted by molar-refractivity contribution is -0.159. The van der Waals surface area contributed by atoms with Crippen molar-refractivity contribution in [2.24, 2.45) is 5.73 Å². The second kappa shape index (κ2) is 9.14. The lowest BCUT2D eigenvalue weighted by Crippen LogP contribution is -2.09. The van der Waals surface area contributed by atoms with Crippen LogP contribution < -0.4 is 5.73 Å². The highest BCUT2D eigenvalue weighted by atomic mass is 31.1. The van der Waals surface area contributed by atoms with Crippen molar-refractivity contribution < 1.29 is 33.8 Å². The molecule has 1 unspecified atom stereocenters. The third-order valence-electron chi connectivity index (χ3n) is 0.526. The van der Waals surface area contributed by atoms with Crippen LogP contribution in [0.5, 0.6) is 0 Å². The molecule has 9 heteroatoms. The van der Waals surface area contributed by atoms with Crippen molar-refractivity contribution in [1.29, 1.82) is 0 Å². The number of carboxylic acid groups (broad SMARTS) is 2. The molecule has 0 aliphatic rings. The Kier molecular flexibility index (Phi) is 10.2. The van der Waals surface area contributed by atoms with Crippen molar-refractivity contribution in [3.63, 3.8) is 0 Å². The fourth-order valence-corrected chi connectivity index (χ4v) is 0.439. The van der Waals surface area contributed by atoms with Gasteiger partial charge in [0.15, 0.2) is 0 Å². The second-order valence-electron chi connectivity index (χ2n) is 1.51. The molecule has 8 nitrogen and oxygen atoms in total. The Bertz CT molecular complexity index is 181. The number of rotatable bonds is 3. The van der Waals surface area contributed by atoms with Crippen LogP contribution in [-0.2, 0) is 18.7 Å². The molecule has 0 amide bonds. The van der Waals surface area contributed by atoms with E-state index in [1.165, 1.54) is 0 Å². The molecule has 0 aliphatic heterocycles. The predicted molar refractivity (Wildman–Crippen MR) is 41.5 cm³/mol. The Hall–Kier alpha value is -0.950. The van der Waals surface area contributed by atoms with Crippen LogP contribution >= 0.6 is 8.25 Å². The highest BCUT2D eigenvalue weighted by Crippen LogP contribution is 2.12. The van der Waals surface area contributed by atoms with Crippen molar-refractivity contribution in [1.82, 2.24) is 0 Å². The maximum Gasteiger partial charge on any atom is 0.414 e. The molecular weight excluding hydrogens is 205 g/mol. The van der Waals surface area contributed by atoms with Crippen LogP contribution in [0.1, 0.15) is 0 Å². The third-order valence-corrected chi connectivity index (χ3v) is 0.977. The van der Waals surface area contributed by atoms with E-state index in [0.29, 0.717) is 0 Å². The molecule has 0 bridgehead atoms. The fourth-order valence-electron chi connectivity index (χ4n) is 0.146. The first-order valence-corrected chi connectivity index (χ1v) is 4.20. The molecule has 5 N–H and O–H groups in total. The number of carboxylic acids is 2. The predicted octanol–water partition coefficient (Wildman–Crippen LogP) is -1.50. The second-order valence-corrected chi connectivity index (χ2v) is 2.33. The number of aliphatic carboxylic acids is 2. The molecule has 0 aromatic rings. The SMILES string of the molecule is NCCO[PH](=O)O.O=C(O)C(=O)O. The summed E-state index contributed by atoms with van der Waals surface area (Å²) < 4.78 is 13.8. The largest absolute Gasteiger partial charge is 0.473 e. The zero-order valence-corrected chi connectivity index (χ0v) is 7.47. The van der Waals surface area contributed by atoms with E-state index in [0.717, 1.165) is 0 Å². The lowest BCUT2D eigenvalue weighted by atomic mass is 10.7. The Balaban J connectivity index is 0. The Morgan fingerprint density at radius 3 is 1.77 bits per heavy atom. The summed E-state index contributed by atoms with van der Waals surface area (Å²) in [5, 5.41) is 14.8. The van der Waals surface area contributed by atoms with Gasteiger partial charge in [-0.2, -0.15) is 0 Å². The van der Waals surface area contributed by atoms with Gasteiger partial charge in [0.2, 0.25) is 0 Å². The van der Waals surface area contributed by atoms with Gasteiger partial charge < -0.3 is 25.4 Å². The van der Waals surface area contributed by atoms with Crippen molar-refractivity contribution in [3.8, 4) is 0 Å². The molecule has 0 saturated heterocycles. The average Bonchev–Trinajstić information content (AvgIpc) is 2.01.